The zero-order valence-electron chi connectivity index (χ0n) is 21.5. The van der Waals surface area contributed by atoms with E-state index in [4.69, 9.17) is 15.4 Å². The molecular weight excluding hydrogens is 450 g/mol. The fourth-order valence-corrected chi connectivity index (χ4v) is 5.16. The van der Waals surface area contributed by atoms with Crippen LogP contribution in [0.2, 0.25) is 0 Å². The topological polar surface area (TPSA) is 109 Å². The number of rotatable bonds is 5. The van der Waals surface area contributed by atoms with Gasteiger partial charge in [-0.05, 0) is 78.8 Å². The lowest BCUT2D eigenvalue weighted by Crippen LogP contribution is -2.38. The molecule has 0 spiro atoms. The third-order valence-corrected chi connectivity index (χ3v) is 7.40. The number of benzene rings is 2. The predicted octanol–water partition coefficient (Wildman–Crippen LogP) is 6.07. The SMILES string of the molecule is CC.CCc1cc(C2CCC2)c(-c2nnc(N)o2)cc1C(=O)N1CCC(c2ccc(C#N)cc2)CC1. The highest BCUT2D eigenvalue weighted by Crippen LogP contribution is 2.42. The normalized spacial score (nSPS) is 16.0. The van der Waals surface area contributed by atoms with Crippen molar-refractivity contribution in [2.75, 3.05) is 18.8 Å². The van der Waals surface area contributed by atoms with E-state index in [1.54, 1.807) is 0 Å². The lowest BCUT2D eigenvalue weighted by molar-refractivity contribution is 0.0712. The van der Waals surface area contributed by atoms with Gasteiger partial charge in [0.05, 0.1) is 11.6 Å². The van der Waals surface area contributed by atoms with E-state index in [1.807, 2.05) is 49.1 Å². The number of nitrogens with two attached hydrogens (primary N) is 1. The Kier molecular flexibility index (Phi) is 8.04. The highest BCUT2D eigenvalue weighted by atomic mass is 16.4. The van der Waals surface area contributed by atoms with Crippen molar-refractivity contribution >= 4 is 11.9 Å². The molecule has 1 aliphatic heterocycles. The van der Waals surface area contributed by atoms with E-state index in [-0.39, 0.29) is 11.9 Å². The highest BCUT2D eigenvalue weighted by Gasteiger charge is 2.30. The van der Waals surface area contributed by atoms with E-state index >= 15 is 0 Å². The number of piperidine rings is 1. The van der Waals surface area contributed by atoms with Gasteiger partial charge in [0, 0.05) is 24.2 Å². The van der Waals surface area contributed by atoms with Gasteiger partial charge in [0.1, 0.15) is 0 Å². The van der Waals surface area contributed by atoms with Crippen LogP contribution in [0.1, 0.15) is 97.3 Å². The molecule has 1 saturated heterocycles. The van der Waals surface area contributed by atoms with E-state index in [1.165, 1.54) is 17.5 Å². The average Bonchev–Trinajstić information content (AvgIpc) is 3.34. The fraction of sp³-hybridized carbons (Fsp3) is 0.448. The Bertz CT molecular complexity index is 1230. The number of carbonyl (C=O) groups excluding carboxylic acids is 1. The summed E-state index contributed by atoms with van der Waals surface area (Å²) in [4.78, 5) is 15.6. The number of hydrogen-bond donors (Lipinski definition) is 1. The summed E-state index contributed by atoms with van der Waals surface area (Å²) in [5.41, 5.74) is 11.4. The summed E-state index contributed by atoms with van der Waals surface area (Å²) < 4.78 is 5.57. The van der Waals surface area contributed by atoms with Crippen LogP contribution >= 0.6 is 0 Å². The molecule has 0 bridgehead atoms. The molecule has 3 aromatic rings. The van der Waals surface area contributed by atoms with Gasteiger partial charge in [0.15, 0.2) is 0 Å². The Labute approximate surface area is 213 Å². The molecule has 0 atom stereocenters. The Morgan fingerprint density at radius 1 is 1.08 bits per heavy atom. The van der Waals surface area contributed by atoms with Crippen LogP contribution in [0.3, 0.4) is 0 Å². The van der Waals surface area contributed by atoms with Gasteiger partial charge in [-0.3, -0.25) is 4.79 Å². The number of amides is 1. The number of aromatic nitrogens is 2. The molecule has 1 saturated carbocycles. The molecule has 0 unspecified atom stereocenters. The molecule has 1 amide bonds. The number of likely N-dealkylation sites (tertiary alicyclic amines) is 1. The smallest absolute Gasteiger partial charge is 0.313 e. The Hall–Kier alpha value is -3.66. The van der Waals surface area contributed by atoms with Crippen LogP contribution in [0.25, 0.3) is 11.5 Å². The molecule has 7 nitrogen and oxygen atoms in total. The van der Waals surface area contributed by atoms with Crippen LogP contribution in [0, 0.1) is 11.3 Å². The summed E-state index contributed by atoms with van der Waals surface area (Å²) >= 11 is 0. The Balaban J connectivity index is 0.00000148. The average molecular weight is 486 g/mol. The number of nitrogens with zero attached hydrogens (tertiary/aromatic N) is 4. The fourth-order valence-electron chi connectivity index (χ4n) is 5.16. The standard InChI is InChI=1S/C27H29N5O2.C2H6/c1-2-18-14-22(21-4-3-5-21)24(25-30-31-27(29)34-25)15-23(18)26(33)32-12-10-20(11-13-32)19-8-6-17(16-28)7-9-19;1-2/h6-9,14-15,20-21H,2-5,10-13H2,1H3,(H2,29,31);1-2H3. The first-order valence-electron chi connectivity index (χ1n) is 13.1. The van der Waals surface area contributed by atoms with Crippen LogP contribution in [-0.4, -0.2) is 34.1 Å². The van der Waals surface area contributed by atoms with Crippen molar-refractivity contribution in [3.05, 3.63) is 64.2 Å². The first-order chi connectivity index (χ1) is 17.6. The maximum atomic E-state index is 13.7. The minimum absolute atomic E-state index is 0.0341. The van der Waals surface area contributed by atoms with Gasteiger partial charge in [0.2, 0.25) is 5.89 Å². The number of nitrogen functional groups attached to an aromatic ring is 1. The number of hydrogen-bond acceptors (Lipinski definition) is 6. The third kappa shape index (κ3) is 5.13. The summed E-state index contributed by atoms with van der Waals surface area (Å²) in [6, 6.07) is 14.2. The highest BCUT2D eigenvalue weighted by molar-refractivity contribution is 5.97. The van der Waals surface area contributed by atoms with Crippen LogP contribution in [0.4, 0.5) is 6.01 Å². The minimum atomic E-state index is 0.0341. The predicted molar refractivity (Wildman–Crippen MR) is 140 cm³/mol. The second-order valence-corrected chi connectivity index (χ2v) is 9.32. The lowest BCUT2D eigenvalue weighted by atomic mass is 9.76. The van der Waals surface area contributed by atoms with Crippen molar-refractivity contribution in [1.29, 1.82) is 5.26 Å². The van der Waals surface area contributed by atoms with Crippen molar-refractivity contribution in [3.8, 4) is 17.5 Å². The molecule has 2 N–H and O–H groups in total. The van der Waals surface area contributed by atoms with Crippen molar-refractivity contribution in [2.24, 2.45) is 0 Å². The molecule has 7 heteroatoms. The van der Waals surface area contributed by atoms with Crippen molar-refractivity contribution in [2.45, 2.75) is 71.1 Å². The first-order valence-corrected chi connectivity index (χ1v) is 13.1. The number of carbonyl (C=O) groups is 1. The summed E-state index contributed by atoms with van der Waals surface area (Å²) in [6.45, 7) is 7.51. The summed E-state index contributed by atoms with van der Waals surface area (Å²) in [5.74, 6) is 1.31. The van der Waals surface area contributed by atoms with Crippen LogP contribution < -0.4 is 5.73 Å². The summed E-state index contributed by atoms with van der Waals surface area (Å²) in [6.07, 6.45) is 6.09. The first kappa shape index (κ1) is 25.4. The van der Waals surface area contributed by atoms with Crippen molar-refractivity contribution in [1.82, 2.24) is 15.1 Å². The van der Waals surface area contributed by atoms with Gasteiger partial charge in [0.25, 0.3) is 5.91 Å². The van der Waals surface area contributed by atoms with Gasteiger partial charge in [-0.25, -0.2) is 0 Å². The van der Waals surface area contributed by atoms with Gasteiger partial charge < -0.3 is 15.1 Å². The Morgan fingerprint density at radius 2 is 1.78 bits per heavy atom. The van der Waals surface area contributed by atoms with Gasteiger partial charge in [-0.15, -0.1) is 5.10 Å². The van der Waals surface area contributed by atoms with E-state index < -0.39 is 0 Å². The maximum absolute atomic E-state index is 13.7. The minimum Gasteiger partial charge on any atom is -0.404 e. The quantitative estimate of drug-likeness (QED) is 0.470. The molecule has 188 valence electrons. The molecule has 0 radical (unpaired) electrons. The summed E-state index contributed by atoms with van der Waals surface area (Å²) in [5, 5.41) is 17.0. The van der Waals surface area contributed by atoms with Crippen LogP contribution in [0.15, 0.2) is 40.8 Å². The zero-order chi connectivity index (χ0) is 25.7. The van der Waals surface area contributed by atoms with Gasteiger partial charge in [-0.2, -0.15) is 5.26 Å². The van der Waals surface area contributed by atoms with E-state index in [9.17, 15) is 4.79 Å². The number of nitriles is 1. The summed E-state index contributed by atoms with van der Waals surface area (Å²) in [7, 11) is 0. The van der Waals surface area contributed by atoms with Crippen LogP contribution in [0.5, 0.6) is 0 Å². The largest absolute Gasteiger partial charge is 0.404 e. The molecular formula is C29H35N5O2. The van der Waals surface area contributed by atoms with Crippen molar-refractivity contribution in [3.63, 3.8) is 0 Å². The maximum Gasteiger partial charge on any atom is 0.313 e. The molecule has 2 fully saturated rings. The Morgan fingerprint density at radius 3 is 2.31 bits per heavy atom. The third-order valence-electron chi connectivity index (χ3n) is 7.40. The van der Waals surface area contributed by atoms with E-state index in [0.717, 1.165) is 43.2 Å². The van der Waals surface area contributed by atoms with E-state index in [0.29, 0.717) is 41.9 Å². The number of anilines is 1. The molecule has 2 heterocycles. The van der Waals surface area contributed by atoms with E-state index in [2.05, 4.69) is 29.3 Å². The second kappa shape index (κ2) is 11.4. The molecule has 5 rings (SSSR count). The zero-order valence-corrected chi connectivity index (χ0v) is 21.5. The molecule has 2 aromatic carbocycles. The van der Waals surface area contributed by atoms with Gasteiger partial charge >= 0.3 is 6.01 Å². The van der Waals surface area contributed by atoms with Crippen LogP contribution in [-0.2, 0) is 6.42 Å². The molecule has 1 aliphatic carbocycles. The second-order valence-electron chi connectivity index (χ2n) is 9.32. The molecule has 2 aliphatic rings. The molecule has 1 aromatic heterocycles. The molecule has 36 heavy (non-hydrogen) atoms. The number of aryl methyl sites for hydroxylation is 1. The lowest BCUT2D eigenvalue weighted by Gasteiger charge is -2.33. The van der Waals surface area contributed by atoms with Crippen molar-refractivity contribution < 1.29 is 9.21 Å². The monoisotopic (exact) mass is 485 g/mol. The van der Waals surface area contributed by atoms with Gasteiger partial charge in [-0.1, -0.05) is 50.5 Å².